The third-order valence-corrected chi connectivity index (χ3v) is 3.94. The van der Waals surface area contributed by atoms with Crippen molar-refractivity contribution >= 4 is 33.9 Å². The van der Waals surface area contributed by atoms with Gasteiger partial charge in [0.1, 0.15) is 0 Å². The van der Waals surface area contributed by atoms with Gasteiger partial charge in [-0.3, -0.25) is 0 Å². The van der Waals surface area contributed by atoms with Gasteiger partial charge in [-0.1, -0.05) is 24.3 Å². The molecule has 0 aliphatic heterocycles. The molecule has 0 saturated carbocycles. The number of nitrogens with zero attached hydrogens (tertiary/aromatic N) is 2. The third-order valence-electron chi connectivity index (χ3n) is 3.94. The summed E-state index contributed by atoms with van der Waals surface area (Å²) < 4.78 is 0. The molecule has 3 aromatic carbocycles. The van der Waals surface area contributed by atoms with Gasteiger partial charge in [-0.25, -0.2) is 9.97 Å². The average molecular weight is 327 g/mol. The van der Waals surface area contributed by atoms with Crippen molar-refractivity contribution in [1.82, 2.24) is 9.97 Å². The zero-order valence-electron chi connectivity index (χ0n) is 13.5. The molecule has 4 aromatic rings. The average Bonchev–Trinajstić information content (AvgIpc) is 2.61. The molecule has 0 fully saturated rings. The molecular formula is C20H17N5. The summed E-state index contributed by atoms with van der Waals surface area (Å²) in [6.07, 6.45) is 1.81. The van der Waals surface area contributed by atoms with Gasteiger partial charge in [0.05, 0.1) is 5.52 Å². The fourth-order valence-corrected chi connectivity index (χ4v) is 2.74. The maximum Gasteiger partial charge on any atom is 0.227 e. The summed E-state index contributed by atoms with van der Waals surface area (Å²) in [6, 6.07) is 21.4. The topological polar surface area (TPSA) is 89.8 Å². The zero-order valence-corrected chi connectivity index (χ0v) is 13.5. The monoisotopic (exact) mass is 327 g/mol. The Balaban J connectivity index is 1.67. The smallest absolute Gasteiger partial charge is 0.227 e. The Hall–Kier alpha value is -3.60. The number of rotatable bonds is 3. The fourth-order valence-electron chi connectivity index (χ4n) is 2.74. The second-order valence-corrected chi connectivity index (χ2v) is 5.84. The minimum absolute atomic E-state index is 0.537. The van der Waals surface area contributed by atoms with Gasteiger partial charge in [0, 0.05) is 28.6 Å². The highest BCUT2D eigenvalue weighted by molar-refractivity contribution is 5.85. The summed E-state index contributed by atoms with van der Waals surface area (Å²) in [5.41, 5.74) is 17.0. The Kier molecular flexibility index (Phi) is 3.67. The van der Waals surface area contributed by atoms with Crippen LogP contribution in [-0.2, 0) is 0 Å². The Morgan fingerprint density at radius 2 is 1.52 bits per heavy atom. The highest BCUT2D eigenvalue weighted by atomic mass is 15.1. The predicted molar refractivity (Wildman–Crippen MR) is 104 cm³/mol. The molecule has 25 heavy (non-hydrogen) atoms. The van der Waals surface area contributed by atoms with E-state index in [1.807, 2.05) is 66.9 Å². The lowest BCUT2D eigenvalue weighted by Gasteiger charge is -2.08. The molecule has 4 rings (SSSR count). The first kappa shape index (κ1) is 15.0. The largest absolute Gasteiger partial charge is 0.399 e. The molecule has 122 valence electrons. The molecule has 0 aliphatic carbocycles. The quantitative estimate of drug-likeness (QED) is 0.491. The van der Waals surface area contributed by atoms with E-state index in [-0.39, 0.29) is 0 Å². The van der Waals surface area contributed by atoms with Crippen molar-refractivity contribution in [3.05, 3.63) is 72.9 Å². The Labute approximate surface area is 145 Å². The fraction of sp³-hybridized carbons (Fsp3) is 0. The van der Waals surface area contributed by atoms with Gasteiger partial charge >= 0.3 is 0 Å². The van der Waals surface area contributed by atoms with Crippen LogP contribution in [0.2, 0.25) is 0 Å². The van der Waals surface area contributed by atoms with Gasteiger partial charge in [0.15, 0.2) is 0 Å². The summed E-state index contributed by atoms with van der Waals surface area (Å²) in [5.74, 6) is 0.537. The van der Waals surface area contributed by atoms with Crippen LogP contribution < -0.4 is 16.8 Å². The summed E-state index contributed by atoms with van der Waals surface area (Å²) in [4.78, 5) is 8.96. The van der Waals surface area contributed by atoms with E-state index in [0.29, 0.717) is 11.6 Å². The highest BCUT2D eigenvalue weighted by Gasteiger charge is 2.04. The van der Waals surface area contributed by atoms with E-state index in [9.17, 15) is 0 Å². The molecule has 5 N–H and O–H groups in total. The molecule has 0 radical (unpaired) electrons. The molecule has 0 saturated heterocycles. The number of fused-ring (bicyclic) bond motifs is 1. The van der Waals surface area contributed by atoms with Gasteiger partial charge in [0.25, 0.3) is 0 Å². The van der Waals surface area contributed by atoms with Crippen LogP contribution >= 0.6 is 0 Å². The van der Waals surface area contributed by atoms with Gasteiger partial charge in [0.2, 0.25) is 5.95 Å². The van der Waals surface area contributed by atoms with Crippen LogP contribution in [0.15, 0.2) is 72.9 Å². The van der Waals surface area contributed by atoms with Crippen LogP contribution in [0, 0.1) is 0 Å². The van der Waals surface area contributed by atoms with Crippen molar-refractivity contribution < 1.29 is 0 Å². The van der Waals surface area contributed by atoms with Gasteiger partial charge in [-0.05, 0) is 53.6 Å². The minimum Gasteiger partial charge on any atom is -0.399 e. The van der Waals surface area contributed by atoms with Crippen LogP contribution in [0.4, 0.5) is 23.0 Å². The first-order valence-electron chi connectivity index (χ1n) is 7.93. The highest BCUT2D eigenvalue weighted by Crippen LogP contribution is 2.25. The molecule has 0 atom stereocenters. The first-order valence-corrected chi connectivity index (χ1v) is 7.93. The number of benzene rings is 3. The Morgan fingerprint density at radius 1 is 0.760 bits per heavy atom. The van der Waals surface area contributed by atoms with E-state index >= 15 is 0 Å². The molecule has 1 heterocycles. The van der Waals surface area contributed by atoms with Crippen molar-refractivity contribution in [2.75, 3.05) is 16.8 Å². The maximum absolute atomic E-state index is 5.87. The molecule has 0 aliphatic rings. The molecule has 5 nitrogen and oxygen atoms in total. The second-order valence-electron chi connectivity index (χ2n) is 5.84. The standard InChI is InChI=1S/C20H17N5/c21-16-4-1-3-13(10-16)14-7-8-19-15(9-14)12-23-20(25-19)24-18-6-2-5-17(22)11-18/h1-12H,21-22H2,(H,23,24,25). The number of aromatic nitrogens is 2. The normalized spacial score (nSPS) is 10.7. The van der Waals surface area contributed by atoms with E-state index in [4.69, 9.17) is 11.5 Å². The number of anilines is 4. The second kappa shape index (κ2) is 6.13. The third kappa shape index (κ3) is 3.21. The first-order chi connectivity index (χ1) is 12.2. The molecule has 0 amide bonds. The van der Waals surface area contributed by atoms with Gasteiger partial charge in [-0.15, -0.1) is 0 Å². The van der Waals surface area contributed by atoms with E-state index in [2.05, 4.69) is 21.4 Å². The van der Waals surface area contributed by atoms with Crippen LogP contribution in [0.5, 0.6) is 0 Å². The summed E-state index contributed by atoms with van der Waals surface area (Å²) in [5, 5.41) is 4.14. The minimum atomic E-state index is 0.537. The Morgan fingerprint density at radius 3 is 2.32 bits per heavy atom. The van der Waals surface area contributed by atoms with Crippen LogP contribution in [0.3, 0.4) is 0 Å². The summed E-state index contributed by atoms with van der Waals surface area (Å²) >= 11 is 0. The van der Waals surface area contributed by atoms with Crippen molar-refractivity contribution in [2.24, 2.45) is 0 Å². The van der Waals surface area contributed by atoms with Crippen molar-refractivity contribution in [3.8, 4) is 11.1 Å². The maximum atomic E-state index is 5.87. The number of nitrogens with two attached hydrogens (primary N) is 2. The molecular weight excluding hydrogens is 310 g/mol. The van der Waals surface area contributed by atoms with E-state index in [1.54, 1.807) is 0 Å². The number of hydrogen-bond donors (Lipinski definition) is 3. The lowest BCUT2D eigenvalue weighted by Crippen LogP contribution is -1.97. The lowest BCUT2D eigenvalue weighted by molar-refractivity contribution is 1.21. The van der Waals surface area contributed by atoms with E-state index in [0.717, 1.165) is 33.4 Å². The van der Waals surface area contributed by atoms with Crippen molar-refractivity contribution in [1.29, 1.82) is 0 Å². The number of nitrogens with one attached hydrogen (secondary N) is 1. The van der Waals surface area contributed by atoms with Crippen LogP contribution in [-0.4, -0.2) is 9.97 Å². The molecule has 1 aromatic heterocycles. The number of hydrogen-bond acceptors (Lipinski definition) is 5. The molecule has 0 unspecified atom stereocenters. The SMILES string of the molecule is Nc1cccc(Nc2ncc3cc(-c4cccc(N)c4)ccc3n2)c1. The van der Waals surface area contributed by atoms with Gasteiger partial charge < -0.3 is 16.8 Å². The van der Waals surface area contributed by atoms with E-state index < -0.39 is 0 Å². The number of nitrogen functional groups attached to an aromatic ring is 2. The molecule has 5 heteroatoms. The van der Waals surface area contributed by atoms with E-state index in [1.165, 1.54) is 0 Å². The summed E-state index contributed by atoms with van der Waals surface area (Å²) in [7, 11) is 0. The molecule has 0 bridgehead atoms. The lowest BCUT2D eigenvalue weighted by atomic mass is 10.0. The zero-order chi connectivity index (χ0) is 17.2. The van der Waals surface area contributed by atoms with Gasteiger partial charge in [-0.2, -0.15) is 0 Å². The van der Waals surface area contributed by atoms with Crippen LogP contribution in [0.25, 0.3) is 22.0 Å². The molecule has 0 spiro atoms. The predicted octanol–water partition coefficient (Wildman–Crippen LogP) is 4.20. The van der Waals surface area contributed by atoms with Crippen molar-refractivity contribution in [3.63, 3.8) is 0 Å². The summed E-state index contributed by atoms with van der Waals surface area (Å²) in [6.45, 7) is 0. The van der Waals surface area contributed by atoms with Crippen molar-refractivity contribution in [2.45, 2.75) is 0 Å². The Bertz CT molecular complexity index is 1060. The van der Waals surface area contributed by atoms with Crippen LogP contribution in [0.1, 0.15) is 0 Å².